The lowest BCUT2D eigenvalue weighted by Gasteiger charge is -2.00. The molecule has 0 radical (unpaired) electrons. The van der Waals surface area contributed by atoms with Gasteiger partial charge < -0.3 is 5.32 Å². The van der Waals surface area contributed by atoms with E-state index < -0.39 is 0 Å². The van der Waals surface area contributed by atoms with Crippen molar-refractivity contribution < 1.29 is 0 Å². The number of hydrogen-bond acceptors (Lipinski definition) is 3. The summed E-state index contributed by atoms with van der Waals surface area (Å²) in [5.41, 5.74) is 1.24. The second kappa shape index (κ2) is 5.09. The lowest BCUT2D eigenvalue weighted by Crippen LogP contribution is -2.15. The standard InChI is InChI=1S/C11H15N3S/c1-14-9-10(8-13-14)7-12-5-4-11-3-2-6-15-11/h2-3,6,8-9,12H,4-5,7H2,1H3. The van der Waals surface area contributed by atoms with Gasteiger partial charge in [0.05, 0.1) is 6.20 Å². The maximum atomic E-state index is 4.12. The third-order valence-electron chi connectivity index (χ3n) is 2.22. The summed E-state index contributed by atoms with van der Waals surface area (Å²) in [4.78, 5) is 1.44. The Kier molecular flexibility index (Phi) is 3.53. The van der Waals surface area contributed by atoms with E-state index in [0.717, 1.165) is 19.5 Å². The third-order valence-corrected chi connectivity index (χ3v) is 3.15. The van der Waals surface area contributed by atoms with Crippen molar-refractivity contribution in [3.63, 3.8) is 0 Å². The fourth-order valence-electron chi connectivity index (χ4n) is 1.46. The van der Waals surface area contributed by atoms with Crippen LogP contribution in [0.15, 0.2) is 29.9 Å². The molecule has 2 heterocycles. The SMILES string of the molecule is Cn1cc(CNCCc2cccs2)cn1. The van der Waals surface area contributed by atoms with Crippen LogP contribution in [0.3, 0.4) is 0 Å². The summed E-state index contributed by atoms with van der Waals surface area (Å²) in [6.45, 7) is 1.93. The van der Waals surface area contributed by atoms with Gasteiger partial charge in [0.15, 0.2) is 0 Å². The van der Waals surface area contributed by atoms with E-state index in [-0.39, 0.29) is 0 Å². The molecule has 0 saturated carbocycles. The summed E-state index contributed by atoms with van der Waals surface area (Å²) in [5, 5.41) is 9.65. The molecule has 15 heavy (non-hydrogen) atoms. The molecule has 4 heteroatoms. The number of thiophene rings is 1. The number of rotatable bonds is 5. The highest BCUT2D eigenvalue weighted by Gasteiger charge is 1.96. The molecule has 2 aromatic rings. The molecular formula is C11H15N3S. The van der Waals surface area contributed by atoms with Gasteiger partial charge in [0.2, 0.25) is 0 Å². The zero-order valence-electron chi connectivity index (χ0n) is 8.81. The first-order chi connectivity index (χ1) is 7.34. The molecule has 3 nitrogen and oxygen atoms in total. The van der Waals surface area contributed by atoms with Gasteiger partial charge in [-0.2, -0.15) is 5.10 Å². The zero-order valence-corrected chi connectivity index (χ0v) is 9.63. The van der Waals surface area contributed by atoms with Gasteiger partial charge in [-0.05, 0) is 17.9 Å². The second-order valence-corrected chi connectivity index (χ2v) is 4.56. The normalized spacial score (nSPS) is 10.7. The Hall–Kier alpha value is -1.13. The summed E-state index contributed by atoms with van der Waals surface area (Å²) in [6.07, 6.45) is 5.05. The van der Waals surface area contributed by atoms with Gasteiger partial charge in [-0.25, -0.2) is 0 Å². The Morgan fingerprint density at radius 3 is 3.13 bits per heavy atom. The average molecular weight is 221 g/mol. The molecule has 80 valence electrons. The van der Waals surface area contributed by atoms with Crippen molar-refractivity contribution >= 4 is 11.3 Å². The van der Waals surface area contributed by atoms with E-state index in [4.69, 9.17) is 0 Å². The Labute approximate surface area is 93.7 Å². The van der Waals surface area contributed by atoms with E-state index in [1.54, 1.807) is 0 Å². The number of aromatic nitrogens is 2. The van der Waals surface area contributed by atoms with E-state index in [9.17, 15) is 0 Å². The van der Waals surface area contributed by atoms with E-state index >= 15 is 0 Å². The molecule has 1 N–H and O–H groups in total. The summed E-state index contributed by atoms with van der Waals surface area (Å²) in [6, 6.07) is 4.28. The molecule has 0 amide bonds. The molecule has 0 unspecified atom stereocenters. The van der Waals surface area contributed by atoms with Gasteiger partial charge in [0, 0.05) is 36.8 Å². The van der Waals surface area contributed by atoms with E-state index in [0.29, 0.717) is 0 Å². The molecule has 0 atom stereocenters. The van der Waals surface area contributed by atoms with Gasteiger partial charge in [-0.15, -0.1) is 11.3 Å². The molecule has 0 aliphatic rings. The largest absolute Gasteiger partial charge is 0.312 e. The number of nitrogens with zero attached hydrogens (tertiary/aromatic N) is 2. The third kappa shape index (κ3) is 3.18. The van der Waals surface area contributed by atoms with Crippen LogP contribution in [0.5, 0.6) is 0 Å². The van der Waals surface area contributed by atoms with Crippen LogP contribution in [0.2, 0.25) is 0 Å². The maximum Gasteiger partial charge on any atom is 0.0534 e. The Morgan fingerprint density at radius 1 is 1.53 bits per heavy atom. The summed E-state index contributed by atoms with van der Waals surface area (Å²) >= 11 is 1.82. The van der Waals surface area contributed by atoms with Crippen LogP contribution < -0.4 is 5.32 Å². The summed E-state index contributed by atoms with van der Waals surface area (Å²) < 4.78 is 1.83. The smallest absolute Gasteiger partial charge is 0.0534 e. The van der Waals surface area contributed by atoms with E-state index in [1.165, 1.54) is 10.4 Å². The topological polar surface area (TPSA) is 29.9 Å². The van der Waals surface area contributed by atoms with Crippen LogP contribution in [-0.4, -0.2) is 16.3 Å². The van der Waals surface area contributed by atoms with Crippen LogP contribution in [0, 0.1) is 0 Å². The molecule has 0 saturated heterocycles. The van der Waals surface area contributed by atoms with Crippen molar-refractivity contribution in [2.75, 3.05) is 6.54 Å². The van der Waals surface area contributed by atoms with Gasteiger partial charge in [0.1, 0.15) is 0 Å². The maximum absolute atomic E-state index is 4.12. The fourth-order valence-corrected chi connectivity index (χ4v) is 2.17. The first-order valence-electron chi connectivity index (χ1n) is 5.05. The van der Waals surface area contributed by atoms with Crippen molar-refractivity contribution in [3.05, 3.63) is 40.3 Å². The number of nitrogens with one attached hydrogen (secondary N) is 1. The fraction of sp³-hybridized carbons (Fsp3) is 0.364. The molecule has 0 aliphatic carbocycles. The lowest BCUT2D eigenvalue weighted by atomic mass is 10.3. The van der Waals surface area contributed by atoms with Crippen LogP contribution in [0.4, 0.5) is 0 Å². The molecule has 0 aliphatic heterocycles. The monoisotopic (exact) mass is 221 g/mol. The van der Waals surface area contributed by atoms with Crippen LogP contribution in [-0.2, 0) is 20.0 Å². The first kappa shape index (κ1) is 10.4. The molecular weight excluding hydrogens is 206 g/mol. The van der Waals surface area contributed by atoms with Crippen molar-refractivity contribution in [1.82, 2.24) is 15.1 Å². The Bertz CT molecular complexity index is 392. The molecule has 0 fully saturated rings. The minimum atomic E-state index is 0.902. The van der Waals surface area contributed by atoms with Gasteiger partial charge >= 0.3 is 0 Å². The molecule has 2 rings (SSSR count). The highest BCUT2D eigenvalue weighted by molar-refractivity contribution is 7.09. The van der Waals surface area contributed by atoms with Crippen molar-refractivity contribution in [1.29, 1.82) is 0 Å². The molecule has 0 spiro atoms. The van der Waals surface area contributed by atoms with E-state index in [2.05, 4.69) is 27.9 Å². The lowest BCUT2D eigenvalue weighted by molar-refractivity contribution is 0.689. The van der Waals surface area contributed by atoms with Crippen molar-refractivity contribution in [2.45, 2.75) is 13.0 Å². The van der Waals surface area contributed by atoms with Crippen LogP contribution >= 0.6 is 11.3 Å². The predicted molar refractivity (Wildman–Crippen MR) is 62.9 cm³/mol. The zero-order chi connectivity index (χ0) is 10.5. The second-order valence-electron chi connectivity index (χ2n) is 3.53. The van der Waals surface area contributed by atoms with Gasteiger partial charge in [-0.3, -0.25) is 4.68 Å². The summed E-state index contributed by atoms with van der Waals surface area (Å²) in [5.74, 6) is 0. The van der Waals surface area contributed by atoms with Crippen molar-refractivity contribution in [2.24, 2.45) is 7.05 Å². The van der Waals surface area contributed by atoms with E-state index in [1.807, 2.05) is 35.5 Å². The minimum absolute atomic E-state index is 0.902. The predicted octanol–water partition coefficient (Wildman–Crippen LogP) is 1.81. The average Bonchev–Trinajstić information content (AvgIpc) is 2.84. The van der Waals surface area contributed by atoms with Crippen LogP contribution in [0.25, 0.3) is 0 Å². The Balaban J connectivity index is 1.67. The summed E-state index contributed by atoms with van der Waals surface area (Å²) in [7, 11) is 1.94. The molecule has 0 bridgehead atoms. The van der Waals surface area contributed by atoms with Crippen molar-refractivity contribution in [3.8, 4) is 0 Å². The first-order valence-corrected chi connectivity index (χ1v) is 5.93. The molecule has 2 aromatic heterocycles. The quantitative estimate of drug-likeness (QED) is 0.780. The van der Waals surface area contributed by atoms with Gasteiger partial charge in [-0.1, -0.05) is 6.07 Å². The Morgan fingerprint density at radius 2 is 2.47 bits per heavy atom. The van der Waals surface area contributed by atoms with Crippen LogP contribution in [0.1, 0.15) is 10.4 Å². The van der Waals surface area contributed by atoms with Gasteiger partial charge in [0.25, 0.3) is 0 Å². The number of hydrogen-bond donors (Lipinski definition) is 1. The highest BCUT2D eigenvalue weighted by atomic mass is 32.1. The highest BCUT2D eigenvalue weighted by Crippen LogP contribution is 2.08. The minimum Gasteiger partial charge on any atom is -0.312 e. The molecule has 0 aromatic carbocycles. The number of aryl methyl sites for hydroxylation is 1.